The molecule has 0 unspecified atom stereocenters. The van der Waals surface area contributed by atoms with Gasteiger partial charge < -0.3 is 15.0 Å². The van der Waals surface area contributed by atoms with Crippen molar-refractivity contribution < 1.29 is 9.53 Å². The molecule has 2 aromatic rings. The van der Waals surface area contributed by atoms with Crippen molar-refractivity contribution in [1.82, 2.24) is 25.1 Å². The Labute approximate surface area is 158 Å². The van der Waals surface area contributed by atoms with Crippen LogP contribution < -0.4 is 5.32 Å². The molecule has 4 heterocycles. The van der Waals surface area contributed by atoms with Crippen molar-refractivity contribution in [2.24, 2.45) is 5.92 Å². The van der Waals surface area contributed by atoms with E-state index in [1.54, 1.807) is 13.1 Å². The first-order chi connectivity index (χ1) is 13.0. The van der Waals surface area contributed by atoms with Crippen LogP contribution in [0.1, 0.15) is 37.7 Å². The molecule has 0 aromatic carbocycles. The normalized spacial score (nSPS) is 21.6. The van der Waals surface area contributed by atoms with Crippen LogP contribution in [0, 0.1) is 12.8 Å². The minimum atomic E-state index is -0.0704. The number of piperidine rings is 1. The van der Waals surface area contributed by atoms with Gasteiger partial charge in [-0.1, -0.05) is 0 Å². The number of rotatable bonds is 4. The Kier molecular flexibility index (Phi) is 4.82. The lowest BCUT2D eigenvalue weighted by Crippen LogP contribution is -2.45. The maximum Gasteiger partial charge on any atom is 0.219 e. The Morgan fingerprint density at radius 2 is 2.22 bits per heavy atom. The summed E-state index contributed by atoms with van der Waals surface area (Å²) in [5.74, 6) is 2.88. The summed E-state index contributed by atoms with van der Waals surface area (Å²) in [6, 6.07) is 3.78. The molecule has 0 radical (unpaired) electrons. The number of aryl methyl sites for hydroxylation is 1. The number of ether oxygens (including phenoxy) is 1. The highest BCUT2D eigenvalue weighted by Gasteiger charge is 2.43. The topological polar surface area (TPSA) is 96.0 Å². The van der Waals surface area contributed by atoms with Gasteiger partial charge in [0, 0.05) is 44.4 Å². The molecule has 0 aliphatic carbocycles. The van der Waals surface area contributed by atoms with E-state index in [1.807, 2.05) is 24.0 Å². The fourth-order valence-electron chi connectivity index (χ4n) is 4.09. The van der Waals surface area contributed by atoms with Gasteiger partial charge in [0.05, 0.1) is 12.2 Å². The molecule has 27 heavy (non-hydrogen) atoms. The molecule has 2 N–H and O–H groups in total. The number of anilines is 2. The molecule has 1 spiro atoms. The summed E-state index contributed by atoms with van der Waals surface area (Å²) in [5, 5.41) is 10.3. The van der Waals surface area contributed by atoms with Crippen LogP contribution in [-0.2, 0) is 16.0 Å². The zero-order valence-corrected chi connectivity index (χ0v) is 15.9. The highest BCUT2D eigenvalue weighted by Crippen LogP contribution is 2.39. The second kappa shape index (κ2) is 7.26. The number of carbonyl (C=O) groups is 1. The number of nitrogens with zero attached hydrogens (tertiary/aromatic N) is 4. The van der Waals surface area contributed by atoms with Crippen LogP contribution in [-0.4, -0.2) is 56.3 Å². The van der Waals surface area contributed by atoms with Crippen LogP contribution in [0.25, 0.3) is 0 Å². The van der Waals surface area contributed by atoms with Crippen molar-refractivity contribution in [2.45, 2.75) is 45.1 Å². The van der Waals surface area contributed by atoms with Gasteiger partial charge in [0.2, 0.25) is 5.91 Å². The number of H-pyrrole nitrogens is 1. The van der Waals surface area contributed by atoms with E-state index in [-0.39, 0.29) is 11.5 Å². The molecule has 144 valence electrons. The molecule has 2 aromatic heterocycles. The molecular formula is C19H26N6O2. The standard InChI is InChI=1S/C19H26N6O2/c1-13-9-18(24-23-13)22-16-3-6-20-17(21-16)10-15-11-19(27-12-15)4-7-25(8-5-19)14(2)26/h3,6,9,15H,4-5,7-8,10-12H2,1-2H3,(H2,20,21,22,23,24)/t15-/m0/s1. The zero-order valence-electron chi connectivity index (χ0n) is 15.9. The predicted molar refractivity (Wildman–Crippen MR) is 101 cm³/mol. The van der Waals surface area contributed by atoms with E-state index in [4.69, 9.17) is 4.74 Å². The molecule has 4 rings (SSSR count). The molecule has 2 fully saturated rings. The summed E-state index contributed by atoms with van der Waals surface area (Å²) in [4.78, 5) is 22.5. The predicted octanol–water partition coefficient (Wildman–Crippen LogP) is 2.21. The average molecular weight is 370 g/mol. The summed E-state index contributed by atoms with van der Waals surface area (Å²) in [6.45, 7) is 5.92. The summed E-state index contributed by atoms with van der Waals surface area (Å²) < 4.78 is 6.20. The van der Waals surface area contributed by atoms with Gasteiger partial charge in [0.15, 0.2) is 5.82 Å². The molecule has 0 saturated carbocycles. The van der Waals surface area contributed by atoms with Crippen molar-refractivity contribution in [1.29, 1.82) is 0 Å². The van der Waals surface area contributed by atoms with Crippen LogP contribution in [0.2, 0.25) is 0 Å². The van der Waals surface area contributed by atoms with Gasteiger partial charge in [-0.15, -0.1) is 0 Å². The third kappa shape index (κ3) is 4.10. The van der Waals surface area contributed by atoms with Crippen molar-refractivity contribution in [3.05, 3.63) is 29.8 Å². The zero-order chi connectivity index (χ0) is 18.9. The molecule has 2 aliphatic rings. The van der Waals surface area contributed by atoms with Gasteiger partial charge in [-0.2, -0.15) is 5.10 Å². The number of nitrogens with one attached hydrogen (secondary N) is 2. The molecule has 8 nitrogen and oxygen atoms in total. The molecule has 1 atom stereocenters. The number of carbonyl (C=O) groups excluding carboxylic acids is 1. The molecule has 0 bridgehead atoms. The van der Waals surface area contributed by atoms with Crippen LogP contribution in [0.4, 0.5) is 11.6 Å². The van der Waals surface area contributed by atoms with Crippen molar-refractivity contribution in [3.63, 3.8) is 0 Å². The van der Waals surface area contributed by atoms with Gasteiger partial charge in [0.1, 0.15) is 11.6 Å². The quantitative estimate of drug-likeness (QED) is 0.857. The van der Waals surface area contributed by atoms with E-state index in [2.05, 4.69) is 25.5 Å². The Morgan fingerprint density at radius 3 is 2.93 bits per heavy atom. The van der Waals surface area contributed by atoms with E-state index < -0.39 is 0 Å². The molecule has 8 heteroatoms. The van der Waals surface area contributed by atoms with Crippen LogP contribution in [0.3, 0.4) is 0 Å². The summed E-state index contributed by atoms with van der Waals surface area (Å²) >= 11 is 0. The third-order valence-corrected chi connectivity index (χ3v) is 5.54. The molecule has 1 amide bonds. The van der Waals surface area contributed by atoms with E-state index in [9.17, 15) is 4.79 Å². The van der Waals surface area contributed by atoms with E-state index >= 15 is 0 Å². The maximum absolute atomic E-state index is 11.5. The van der Waals surface area contributed by atoms with Gasteiger partial charge >= 0.3 is 0 Å². The lowest BCUT2D eigenvalue weighted by Gasteiger charge is -2.38. The third-order valence-electron chi connectivity index (χ3n) is 5.54. The van der Waals surface area contributed by atoms with Crippen molar-refractivity contribution in [2.75, 3.05) is 25.0 Å². The Morgan fingerprint density at radius 1 is 1.41 bits per heavy atom. The summed E-state index contributed by atoms with van der Waals surface area (Å²) in [6.07, 6.45) is 5.43. The smallest absolute Gasteiger partial charge is 0.219 e. The fraction of sp³-hybridized carbons (Fsp3) is 0.579. The SMILES string of the molecule is CC(=O)N1CCC2(CC1)C[C@H](Cc1nccc(Nc3cc(C)[nH]n3)n1)CO2. The second-order valence-corrected chi connectivity index (χ2v) is 7.69. The van der Waals surface area contributed by atoms with E-state index in [0.717, 1.165) is 68.5 Å². The molecule has 2 aliphatic heterocycles. The van der Waals surface area contributed by atoms with Crippen LogP contribution in [0.15, 0.2) is 18.3 Å². The minimum absolute atomic E-state index is 0.0704. The van der Waals surface area contributed by atoms with Gasteiger partial charge in [-0.3, -0.25) is 9.89 Å². The Hall–Kier alpha value is -2.48. The van der Waals surface area contributed by atoms with Crippen molar-refractivity contribution >= 4 is 17.5 Å². The second-order valence-electron chi connectivity index (χ2n) is 7.69. The first kappa shape index (κ1) is 17.9. The lowest BCUT2D eigenvalue weighted by atomic mass is 9.84. The number of likely N-dealkylation sites (tertiary alicyclic amines) is 1. The van der Waals surface area contributed by atoms with E-state index in [1.165, 1.54) is 0 Å². The first-order valence-corrected chi connectivity index (χ1v) is 9.52. The number of aromatic amines is 1. The maximum atomic E-state index is 11.5. The average Bonchev–Trinajstić information content (AvgIpc) is 3.22. The van der Waals surface area contributed by atoms with Gasteiger partial charge in [0.25, 0.3) is 0 Å². The van der Waals surface area contributed by atoms with Gasteiger partial charge in [-0.05, 0) is 38.2 Å². The number of amides is 1. The highest BCUT2D eigenvalue weighted by molar-refractivity contribution is 5.73. The largest absolute Gasteiger partial charge is 0.375 e. The van der Waals surface area contributed by atoms with Crippen molar-refractivity contribution in [3.8, 4) is 0 Å². The van der Waals surface area contributed by atoms with Crippen LogP contribution in [0.5, 0.6) is 0 Å². The summed E-state index contributed by atoms with van der Waals surface area (Å²) in [5.41, 5.74) is 0.926. The Bertz CT molecular complexity index is 812. The first-order valence-electron chi connectivity index (χ1n) is 9.52. The molecular weight excluding hydrogens is 344 g/mol. The summed E-state index contributed by atoms with van der Waals surface area (Å²) in [7, 11) is 0. The number of hydrogen-bond donors (Lipinski definition) is 2. The monoisotopic (exact) mass is 370 g/mol. The fourth-order valence-corrected chi connectivity index (χ4v) is 4.09. The van der Waals surface area contributed by atoms with Gasteiger partial charge in [-0.25, -0.2) is 9.97 Å². The lowest BCUT2D eigenvalue weighted by molar-refractivity contribution is -0.133. The number of aromatic nitrogens is 4. The number of hydrogen-bond acceptors (Lipinski definition) is 6. The minimum Gasteiger partial charge on any atom is -0.375 e. The Balaban J connectivity index is 1.35. The highest BCUT2D eigenvalue weighted by atomic mass is 16.5. The van der Waals surface area contributed by atoms with Crippen LogP contribution >= 0.6 is 0 Å². The molecule has 2 saturated heterocycles. The van der Waals surface area contributed by atoms with E-state index in [0.29, 0.717) is 5.92 Å².